The molecule has 0 radical (unpaired) electrons. The third-order valence-electron chi connectivity index (χ3n) is 4.44. The Balaban J connectivity index is 2.76. The Morgan fingerprint density at radius 2 is 1.55 bits per heavy atom. The topological polar surface area (TPSA) is 26.7 Å². The normalized spacial score (nSPS) is 21.5. The number of hydrogen-bond acceptors (Lipinski definition) is 3. The Morgan fingerprint density at radius 1 is 1.05 bits per heavy atom. The van der Waals surface area contributed by atoms with Crippen molar-refractivity contribution in [1.82, 2.24) is 9.96 Å². The Labute approximate surface area is 125 Å². The third-order valence-corrected chi connectivity index (χ3v) is 4.44. The lowest BCUT2D eigenvalue weighted by Gasteiger charge is -2.37. The van der Waals surface area contributed by atoms with Gasteiger partial charge in [-0.1, -0.05) is 32.8 Å². The summed E-state index contributed by atoms with van der Waals surface area (Å²) in [5.41, 5.74) is 0.817. The van der Waals surface area contributed by atoms with Gasteiger partial charge in [-0.25, -0.2) is 0 Å². The summed E-state index contributed by atoms with van der Waals surface area (Å²) in [5, 5.41) is 11.9. The van der Waals surface area contributed by atoms with Gasteiger partial charge in [-0.05, 0) is 59.2 Å². The predicted molar refractivity (Wildman–Crippen MR) is 86.1 cm³/mol. The molecule has 3 nitrogen and oxygen atoms in total. The number of unbranched alkanes of at least 4 members (excludes halogenated alkanes) is 2. The van der Waals surface area contributed by atoms with E-state index in [9.17, 15) is 5.21 Å². The summed E-state index contributed by atoms with van der Waals surface area (Å²) in [6, 6.07) is 0. The largest absolute Gasteiger partial charge is 0.312 e. The average molecular weight is 282 g/mol. The molecule has 1 aliphatic rings. The predicted octanol–water partition coefficient (Wildman–Crippen LogP) is 4.08. The van der Waals surface area contributed by atoms with E-state index in [1.54, 1.807) is 0 Å². The molecular formula is C17H34N2O. The van der Waals surface area contributed by atoms with Gasteiger partial charge in [-0.3, -0.25) is 4.90 Å². The molecule has 0 unspecified atom stereocenters. The lowest BCUT2D eigenvalue weighted by atomic mass is 9.96. The molecule has 0 saturated carbocycles. The molecule has 1 rings (SSSR count). The van der Waals surface area contributed by atoms with E-state index in [4.69, 9.17) is 0 Å². The molecule has 0 bridgehead atoms. The Morgan fingerprint density at radius 3 is 1.90 bits per heavy atom. The molecular weight excluding hydrogens is 248 g/mol. The number of rotatable bonds is 8. The standard InChI is InChI=1S/C17H34N2O/c1-7-9-11-18(12-10-8-2)14-15-13-16(3,4)19(20)17(15,5)6/h13,20H,7-12,14H2,1-6H3. The highest BCUT2D eigenvalue weighted by Crippen LogP contribution is 2.38. The molecule has 0 amide bonds. The van der Waals surface area contributed by atoms with E-state index < -0.39 is 0 Å². The molecule has 1 heterocycles. The quantitative estimate of drug-likeness (QED) is 0.680. The second kappa shape index (κ2) is 7.06. The average Bonchev–Trinajstić information content (AvgIpc) is 2.53. The van der Waals surface area contributed by atoms with Crippen molar-refractivity contribution in [1.29, 1.82) is 0 Å². The van der Waals surface area contributed by atoms with Crippen molar-refractivity contribution in [2.24, 2.45) is 0 Å². The van der Waals surface area contributed by atoms with Crippen LogP contribution in [0.25, 0.3) is 0 Å². The summed E-state index contributed by atoms with van der Waals surface area (Å²) in [5.74, 6) is 0. The van der Waals surface area contributed by atoms with Crippen LogP contribution in [0.1, 0.15) is 67.2 Å². The van der Waals surface area contributed by atoms with E-state index in [0.29, 0.717) is 0 Å². The fourth-order valence-corrected chi connectivity index (χ4v) is 3.03. The lowest BCUT2D eigenvalue weighted by molar-refractivity contribution is -0.185. The molecule has 0 aliphatic carbocycles. The van der Waals surface area contributed by atoms with Gasteiger partial charge >= 0.3 is 0 Å². The molecule has 0 atom stereocenters. The highest BCUT2D eigenvalue weighted by atomic mass is 16.5. The summed E-state index contributed by atoms with van der Waals surface area (Å²) in [7, 11) is 0. The first-order chi connectivity index (χ1) is 9.25. The van der Waals surface area contributed by atoms with Gasteiger partial charge in [0, 0.05) is 6.54 Å². The monoisotopic (exact) mass is 282 g/mol. The summed E-state index contributed by atoms with van der Waals surface area (Å²) in [6.07, 6.45) is 7.23. The Bertz CT molecular complexity index is 326. The van der Waals surface area contributed by atoms with Crippen LogP contribution in [-0.4, -0.2) is 45.9 Å². The van der Waals surface area contributed by atoms with Gasteiger partial charge in [0.15, 0.2) is 0 Å². The number of nitrogens with zero attached hydrogens (tertiary/aromatic N) is 2. The minimum atomic E-state index is -0.264. The van der Waals surface area contributed by atoms with Crippen molar-refractivity contribution in [2.75, 3.05) is 19.6 Å². The molecule has 0 saturated heterocycles. The van der Waals surface area contributed by atoms with Crippen LogP contribution < -0.4 is 0 Å². The highest BCUT2D eigenvalue weighted by molar-refractivity contribution is 5.30. The van der Waals surface area contributed by atoms with Gasteiger partial charge in [0.25, 0.3) is 0 Å². The molecule has 118 valence electrons. The van der Waals surface area contributed by atoms with Crippen molar-refractivity contribution in [3.63, 3.8) is 0 Å². The van der Waals surface area contributed by atoms with E-state index in [2.05, 4.69) is 52.5 Å². The minimum Gasteiger partial charge on any atom is -0.312 e. The molecule has 3 heteroatoms. The minimum absolute atomic E-state index is 0.264. The van der Waals surface area contributed by atoms with Crippen LogP contribution in [0.2, 0.25) is 0 Å². The maximum atomic E-state index is 10.4. The fraction of sp³-hybridized carbons (Fsp3) is 0.882. The van der Waals surface area contributed by atoms with Gasteiger partial charge < -0.3 is 5.21 Å². The summed E-state index contributed by atoms with van der Waals surface area (Å²) in [4.78, 5) is 2.55. The van der Waals surface area contributed by atoms with Crippen LogP contribution in [0.5, 0.6) is 0 Å². The van der Waals surface area contributed by atoms with E-state index in [-0.39, 0.29) is 11.1 Å². The molecule has 0 spiro atoms. The Hall–Kier alpha value is -0.380. The van der Waals surface area contributed by atoms with Crippen molar-refractivity contribution < 1.29 is 5.21 Å². The van der Waals surface area contributed by atoms with Crippen molar-refractivity contribution in [2.45, 2.75) is 78.3 Å². The van der Waals surface area contributed by atoms with E-state index in [1.165, 1.54) is 36.3 Å². The van der Waals surface area contributed by atoms with E-state index >= 15 is 0 Å². The second-order valence-corrected chi connectivity index (χ2v) is 7.18. The smallest absolute Gasteiger partial charge is 0.0635 e. The first kappa shape index (κ1) is 17.7. The number of hydroxylamine groups is 2. The third kappa shape index (κ3) is 4.06. The van der Waals surface area contributed by atoms with Gasteiger partial charge in [0.1, 0.15) is 0 Å². The van der Waals surface area contributed by atoms with Crippen LogP contribution in [0.3, 0.4) is 0 Å². The highest BCUT2D eigenvalue weighted by Gasteiger charge is 2.45. The summed E-state index contributed by atoms with van der Waals surface area (Å²) in [6.45, 7) is 16.2. The molecule has 0 aromatic rings. The molecule has 0 aromatic heterocycles. The zero-order valence-corrected chi connectivity index (χ0v) is 14.4. The maximum Gasteiger partial charge on any atom is 0.0635 e. The van der Waals surface area contributed by atoms with Crippen LogP contribution in [-0.2, 0) is 0 Å². The lowest BCUT2D eigenvalue weighted by Crippen LogP contribution is -2.49. The van der Waals surface area contributed by atoms with Gasteiger partial charge in [-0.15, -0.1) is 0 Å². The fourth-order valence-electron chi connectivity index (χ4n) is 3.03. The molecule has 20 heavy (non-hydrogen) atoms. The molecule has 1 N–H and O–H groups in total. The van der Waals surface area contributed by atoms with Crippen LogP contribution in [0, 0.1) is 0 Å². The zero-order chi connectivity index (χ0) is 15.4. The van der Waals surface area contributed by atoms with Crippen LogP contribution in [0.4, 0.5) is 0 Å². The molecule has 1 aliphatic heterocycles. The van der Waals surface area contributed by atoms with Crippen molar-refractivity contribution >= 4 is 0 Å². The van der Waals surface area contributed by atoms with Crippen LogP contribution >= 0.6 is 0 Å². The van der Waals surface area contributed by atoms with Gasteiger partial charge in [-0.2, -0.15) is 5.06 Å². The number of hydrogen-bond donors (Lipinski definition) is 1. The summed E-state index contributed by atoms with van der Waals surface area (Å²) >= 11 is 0. The van der Waals surface area contributed by atoms with Gasteiger partial charge in [0.2, 0.25) is 0 Å². The SMILES string of the molecule is CCCCN(CCCC)CC1=CC(C)(C)N(O)C1(C)C. The first-order valence-electron chi connectivity index (χ1n) is 8.19. The Kier molecular flexibility index (Phi) is 6.24. The molecule has 0 aromatic carbocycles. The van der Waals surface area contributed by atoms with E-state index in [1.807, 2.05) is 0 Å². The molecule has 0 fully saturated rings. The van der Waals surface area contributed by atoms with E-state index in [0.717, 1.165) is 19.6 Å². The van der Waals surface area contributed by atoms with Crippen molar-refractivity contribution in [3.05, 3.63) is 11.6 Å². The summed E-state index contributed by atoms with van der Waals surface area (Å²) < 4.78 is 0. The van der Waals surface area contributed by atoms with Gasteiger partial charge in [0.05, 0.1) is 11.1 Å². The second-order valence-electron chi connectivity index (χ2n) is 7.18. The maximum absolute atomic E-state index is 10.4. The van der Waals surface area contributed by atoms with Crippen LogP contribution in [0.15, 0.2) is 11.6 Å². The van der Waals surface area contributed by atoms with Crippen molar-refractivity contribution in [3.8, 4) is 0 Å². The zero-order valence-electron chi connectivity index (χ0n) is 14.4. The first-order valence-corrected chi connectivity index (χ1v) is 8.19.